The van der Waals surface area contributed by atoms with E-state index in [0.29, 0.717) is 5.69 Å². The van der Waals surface area contributed by atoms with E-state index in [1.54, 1.807) is 11.8 Å². The first kappa shape index (κ1) is 14.9. The number of hydrogen-bond donors (Lipinski definition) is 2. The van der Waals surface area contributed by atoms with E-state index in [1.165, 1.54) is 18.2 Å². The molecule has 6 nitrogen and oxygen atoms in total. The van der Waals surface area contributed by atoms with Crippen LogP contribution in [0.15, 0.2) is 47.4 Å². The number of carbonyl (C=O) groups is 1. The van der Waals surface area contributed by atoms with Gasteiger partial charge in [0.2, 0.25) is 0 Å². The molecule has 0 radical (unpaired) electrons. The van der Waals surface area contributed by atoms with Crippen molar-refractivity contribution in [1.82, 2.24) is 0 Å². The zero-order valence-electron chi connectivity index (χ0n) is 11.1. The minimum Gasteiger partial charge on any atom is -0.477 e. The van der Waals surface area contributed by atoms with E-state index in [-0.39, 0.29) is 5.56 Å². The molecule has 0 aliphatic rings. The van der Waals surface area contributed by atoms with Crippen molar-refractivity contribution in [3.63, 3.8) is 0 Å². The van der Waals surface area contributed by atoms with Crippen LogP contribution in [0.2, 0.25) is 0 Å². The number of nitrogens with one attached hydrogen (secondary N) is 1. The minimum atomic E-state index is -1.32. The number of hydrogen-bond acceptors (Lipinski definition) is 5. The van der Waals surface area contributed by atoms with Crippen molar-refractivity contribution in [1.29, 1.82) is 0 Å². The van der Waals surface area contributed by atoms with Gasteiger partial charge in [-0.3, -0.25) is 10.1 Å². The van der Waals surface area contributed by atoms with Crippen molar-refractivity contribution in [2.24, 2.45) is 0 Å². The Hall–Kier alpha value is -2.54. The fraction of sp³-hybridized carbons (Fsp3) is 0.0714. The Bertz CT molecular complexity index is 703. The fourth-order valence-corrected chi connectivity index (χ4v) is 2.40. The average molecular weight is 304 g/mol. The van der Waals surface area contributed by atoms with E-state index >= 15 is 0 Å². The molecule has 108 valence electrons. The molecule has 0 spiro atoms. The third kappa shape index (κ3) is 3.32. The SMILES string of the molecule is CSc1ccccc1Nc1ccc(C(=O)O)c([N+](=O)[O-])c1. The number of thioether (sulfide) groups is 1. The molecule has 0 saturated heterocycles. The Labute approximate surface area is 125 Å². The van der Waals surface area contributed by atoms with Crippen LogP contribution in [0.4, 0.5) is 17.1 Å². The summed E-state index contributed by atoms with van der Waals surface area (Å²) in [6.45, 7) is 0. The second-order valence-corrected chi connectivity index (χ2v) is 4.97. The summed E-state index contributed by atoms with van der Waals surface area (Å²) < 4.78 is 0. The lowest BCUT2D eigenvalue weighted by molar-refractivity contribution is -0.385. The summed E-state index contributed by atoms with van der Waals surface area (Å²) in [6, 6.07) is 11.5. The maximum Gasteiger partial charge on any atom is 0.342 e. The van der Waals surface area contributed by atoms with Crippen LogP contribution < -0.4 is 5.32 Å². The summed E-state index contributed by atoms with van der Waals surface area (Å²) in [5.41, 5.74) is 0.508. The highest BCUT2D eigenvalue weighted by Crippen LogP contribution is 2.30. The number of rotatable bonds is 5. The number of anilines is 2. The van der Waals surface area contributed by atoms with Gasteiger partial charge in [0.1, 0.15) is 5.56 Å². The lowest BCUT2D eigenvalue weighted by Crippen LogP contribution is -2.03. The monoisotopic (exact) mass is 304 g/mol. The maximum atomic E-state index is 11.0. The summed E-state index contributed by atoms with van der Waals surface area (Å²) in [4.78, 5) is 22.2. The Balaban J connectivity index is 2.39. The molecule has 0 heterocycles. The van der Waals surface area contributed by atoms with Crippen LogP contribution in [0, 0.1) is 10.1 Å². The summed E-state index contributed by atoms with van der Waals surface area (Å²) in [5, 5.41) is 23.0. The topological polar surface area (TPSA) is 92.5 Å². The second kappa shape index (κ2) is 6.27. The quantitative estimate of drug-likeness (QED) is 0.496. The molecule has 2 N–H and O–H groups in total. The van der Waals surface area contributed by atoms with Crippen LogP contribution in [0.5, 0.6) is 0 Å². The van der Waals surface area contributed by atoms with Crippen molar-refractivity contribution >= 4 is 34.8 Å². The number of nitrogens with zero attached hydrogens (tertiary/aromatic N) is 1. The van der Waals surface area contributed by atoms with Gasteiger partial charge in [-0.15, -0.1) is 11.8 Å². The molecule has 21 heavy (non-hydrogen) atoms. The number of nitro groups is 1. The number of benzene rings is 2. The first-order chi connectivity index (χ1) is 10.0. The number of carboxylic acids is 1. The van der Waals surface area contributed by atoms with Crippen LogP contribution in [-0.4, -0.2) is 22.3 Å². The van der Waals surface area contributed by atoms with Crippen LogP contribution >= 0.6 is 11.8 Å². The lowest BCUT2D eigenvalue weighted by atomic mass is 10.1. The van der Waals surface area contributed by atoms with Gasteiger partial charge in [-0.2, -0.15) is 0 Å². The summed E-state index contributed by atoms with van der Waals surface area (Å²) in [7, 11) is 0. The molecule has 2 rings (SSSR count). The van der Waals surface area contributed by atoms with Gasteiger partial charge in [0.25, 0.3) is 5.69 Å². The van der Waals surface area contributed by atoms with E-state index in [0.717, 1.165) is 10.6 Å². The van der Waals surface area contributed by atoms with Crippen molar-refractivity contribution in [3.8, 4) is 0 Å². The molecule has 0 fully saturated rings. The molecule has 0 saturated carbocycles. The van der Waals surface area contributed by atoms with Gasteiger partial charge < -0.3 is 10.4 Å². The van der Waals surface area contributed by atoms with E-state index < -0.39 is 16.6 Å². The lowest BCUT2D eigenvalue weighted by Gasteiger charge is -2.10. The summed E-state index contributed by atoms with van der Waals surface area (Å²) in [6.07, 6.45) is 1.93. The third-order valence-corrected chi connectivity index (χ3v) is 3.61. The molecule has 0 amide bonds. The number of carboxylic acid groups (broad SMARTS) is 1. The van der Waals surface area contributed by atoms with Crippen molar-refractivity contribution in [3.05, 3.63) is 58.1 Å². The molecule has 2 aromatic carbocycles. The normalized spacial score (nSPS) is 10.1. The van der Waals surface area contributed by atoms with E-state index in [1.807, 2.05) is 30.5 Å². The van der Waals surface area contributed by atoms with Gasteiger partial charge in [0.05, 0.1) is 10.6 Å². The van der Waals surface area contributed by atoms with Gasteiger partial charge in [-0.1, -0.05) is 12.1 Å². The standard InChI is InChI=1S/C14H12N2O4S/c1-21-13-5-3-2-4-11(13)15-9-6-7-10(14(17)18)12(8-9)16(19)20/h2-8,15H,1H3,(H,17,18). The molecule has 0 aliphatic carbocycles. The largest absolute Gasteiger partial charge is 0.477 e. The average Bonchev–Trinajstić information content (AvgIpc) is 2.47. The smallest absolute Gasteiger partial charge is 0.342 e. The highest BCUT2D eigenvalue weighted by atomic mass is 32.2. The van der Waals surface area contributed by atoms with E-state index in [2.05, 4.69) is 5.32 Å². The first-order valence-corrected chi connectivity index (χ1v) is 7.17. The molecule has 0 atom stereocenters. The number of aromatic carboxylic acids is 1. The van der Waals surface area contributed by atoms with Gasteiger partial charge in [-0.25, -0.2) is 4.79 Å². The first-order valence-electron chi connectivity index (χ1n) is 5.94. The summed E-state index contributed by atoms with van der Waals surface area (Å²) >= 11 is 1.54. The Morgan fingerprint density at radius 1 is 1.29 bits per heavy atom. The van der Waals surface area contributed by atoms with Crippen molar-refractivity contribution in [2.75, 3.05) is 11.6 Å². The van der Waals surface area contributed by atoms with Gasteiger partial charge in [-0.05, 0) is 30.5 Å². The van der Waals surface area contributed by atoms with Crippen LogP contribution in [0.1, 0.15) is 10.4 Å². The number of nitro benzene ring substituents is 1. The Kier molecular flexibility index (Phi) is 4.44. The fourth-order valence-electron chi connectivity index (χ4n) is 1.84. The molecular formula is C14H12N2O4S. The predicted molar refractivity (Wildman–Crippen MR) is 81.6 cm³/mol. The van der Waals surface area contributed by atoms with E-state index in [4.69, 9.17) is 5.11 Å². The van der Waals surface area contributed by atoms with Gasteiger partial charge >= 0.3 is 5.97 Å². The summed E-state index contributed by atoms with van der Waals surface area (Å²) in [5.74, 6) is -1.32. The Morgan fingerprint density at radius 2 is 2.00 bits per heavy atom. The molecule has 0 aromatic heterocycles. The highest BCUT2D eigenvalue weighted by Gasteiger charge is 2.20. The second-order valence-electron chi connectivity index (χ2n) is 4.12. The Morgan fingerprint density at radius 3 is 2.62 bits per heavy atom. The van der Waals surface area contributed by atoms with E-state index in [9.17, 15) is 14.9 Å². The molecule has 0 aliphatic heterocycles. The number of para-hydroxylation sites is 1. The molecule has 7 heteroatoms. The van der Waals surface area contributed by atoms with Gasteiger partial charge in [0, 0.05) is 16.6 Å². The maximum absolute atomic E-state index is 11.0. The zero-order chi connectivity index (χ0) is 15.4. The zero-order valence-corrected chi connectivity index (χ0v) is 11.9. The minimum absolute atomic E-state index is 0.330. The highest BCUT2D eigenvalue weighted by molar-refractivity contribution is 7.98. The van der Waals surface area contributed by atoms with Gasteiger partial charge in [0.15, 0.2) is 0 Å². The van der Waals surface area contributed by atoms with Crippen LogP contribution in [0.25, 0.3) is 0 Å². The molecular weight excluding hydrogens is 292 g/mol. The molecule has 0 bridgehead atoms. The van der Waals surface area contributed by atoms with Crippen LogP contribution in [-0.2, 0) is 0 Å². The van der Waals surface area contributed by atoms with Crippen molar-refractivity contribution < 1.29 is 14.8 Å². The molecule has 0 unspecified atom stereocenters. The van der Waals surface area contributed by atoms with Crippen LogP contribution in [0.3, 0.4) is 0 Å². The predicted octanol–water partition coefficient (Wildman–Crippen LogP) is 3.76. The van der Waals surface area contributed by atoms with Crippen molar-refractivity contribution in [2.45, 2.75) is 4.90 Å². The third-order valence-electron chi connectivity index (χ3n) is 2.81. The molecule has 2 aromatic rings.